The zero-order valence-electron chi connectivity index (χ0n) is 12.2. The predicted octanol–water partition coefficient (Wildman–Crippen LogP) is 1.87. The van der Waals surface area contributed by atoms with Gasteiger partial charge in [-0.15, -0.1) is 0 Å². The van der Waals surface area contributed by atoms with E-state index in [1.54, 1.807) is 38.6 Å². The molecule has 0 aliphatic heterocycles. The third kappa shape index (κ3) is 3.32. The van der Waals surface area contributed by atoms with E-state index in [0.29, 0.717) is 17.1 Å². The van der Waals surface area contributed by atoms with Crippen LogP contribution in [0.2, 0.25) is 0 Å². The van der Waals surface area contributed by atoms with Crippen LogP contribution in [0, 0.1) is 0 Å². The fourth-order valence-corrected chi connectivity index (χ4v) is 2.29. The number of aromatic nitrogens is 1. The molecule has 5 heteroatoms. The summed E-state index contributed by atoms with van der Waals surface area (Å²) >= 11 is 0. The van der Waals surface area contributed by atoms with Crippen LogP contribution in [0.1, 0.15) is 23.3 Å². The van der Waals surface area contributed by atoms with Gasteiger partial charge in [0, 0.05) is 36.0 Å². The third-order valence-corrected chi connectivity index (χ3v) is 3.46. The molecule has 112 valence electrons. The lowest BCUT2D eigenvalue weighted by Gasteiger charge is -2.23. The molecule has 0 bridgehead atoms. The zero-order valence-corrected chi connectivity index (χ0v) is 12.2. The molecule has 0 amide bonds. The summed E-state index contributed by atoms with van der Waals surface area (Å²) in [4.78, 5) is 4.28. The van der Waals surface area contributed by atoms with Crippen molar-refractivity contribution in [1.29, 1.82) is 0 Å². The summed E-state index contributed by atoms with van der Waals surface area (Å²) in [6.07, 6.45) is 0.890. The Kier molecular flexibility index (Phi) is 5.14. The van der Waals surface area contributed by atoms with E-state index in [9.17, 15) is 5.11 Å². The van der Waals surface area contributed by atoms with Crippen LogP contribution in [0.4, 0.5) is 0 Å². The summed E-state index contributed by atoms with van der Waals surface area (Å²) in [5, 5.41) is 10.7. The number of ether oxygens (including phenoxy) is 2. The van der Waals surface area contributed by atoms with Crippen LogP contribution in [-0.4, -0.2) is 30.9 Å². The second-order valence-electron chi connectivity index (χ2n) is 4.65. The molecule has 1 aromatic carbocycles. The van der Waals surface area contributed by atoms with Gasteiger partial charge in [0.2, 0.25) is 0 Å². The lowest BCUT2D eigenvalue weighted by molar-refractivity contribution is 0.142. The Hall–Kier alpha value is -2.11. The van der Waals surface area contributed by atoms with E-state index in [-0.39, 0.29) is 12.5 Å². The first kappa shape index (κ1) is 15.3. The average molecular weight is 288 g/mol. The number of hydrogen-bond donors (Lipinski definition) is 2. The lowest BCUT2D eigenvalue weighted by Crippen LogP contribution is -2.21. The van der Waals surface area contributed by atoms with Gasteiger partial charge in [-0.25, -0.2) is 0 Å². The van der Waals surface area contributed by atoms with Crippen molar-refractivity contribution in [3.8, 4) is 11.5 Å². The molecule has 0 spiro atoms. The molecule has 21 heavy (non-hydrogen) atoms. The van der Waals surface area contributed by atoms with Gasteiger partial charge in [0.05, 0.1) is 20.3 Å². The first-order valence-electron chi connectivity index (χ1n) is 6.72. The first-order chi connectivity index (χ1) is 10.2. The molecule has 1 heterocycles. The first-order valence-corrected chi connectivity index (χ1v) is 6.72. The molecule has 0 radical (unpaired) electrons. The molecular weight excluding hydrogens is 268 g/mol. The molecule has 0 aliphatic rings. The number of nitrogens with two attached hydrogens (primary N) is 1. The van der Waals surface area contributed by atoms with Crippen LogP contribution in [0.15, 0.2) is 42.6 Å². The SMILES string of the molecule is COc1ccc(C(O)C(CN)c2ccccn2)c(OC)c1. The molecule has 3 N–H and O–H groups in total. The number of pyridine rings is 1. The van der Waals surface area contributed by atoms with Crippen molar-refractivity contribution in [1.82, 2.24) is 4.98 Å². The van der Waals surface area contributed by atoms with Gasteiger partial charge in [0.15, 0.2) is 0 Å². The highest BCUT2D eigenvalue weighted by Gasteiger charge is 2.25. The Balaban J connectivity index is 2.35. The molecule has 1 aromatic heterocycles. The van der Waals surface area contributed by atoms with E-state index in [1.807, 2.05) is 18.2 Å². The summed E-state index contributed by atoms with van der Waals surface area (Å²) in [6, 6.07) is 10.9. The van der Waals surface area contributed by atoms with Crippen molar-refractivity contribution in [2.45, 2.75) is 12.0 Å². The number of benzene rings is 1. The predicted molar refractivity (Wildman–Crippen MR) is 80.5 cm³/mol. The van der Waals surface area contributed by atoms with Gasteiger partial charge in [0.25, 0.3) is 0 Å². The number of nitrogens with zero attached hydrogens (tertiary/aromatic N) is 1. The van der Waals surface area contributed by atoms with Crippen LogP contribution in [0.5, 0.6) is 11.5 Å². The maximum absolute atomic E-state index is 10.7. The topological polar surface area (TPSA) is 77.6 Å². The number of methoxy groups -OCH3 is 2. The van der Waals surface area contributed by atoms with E-state index in [2.05, 4.69) is 4.98 Å². The second-order valence-corrected chi connectivity index (χ2v) is 4.65. The summed E-state index contributed by atoms with van der Waals surface area (Å²) in [5.74, 6) is 0.940. The Labute approximate surface area is 124 Å². The highest BCUT2D eigenvalue weighted by Crippen LogP contribution is 2.36. The van der Waals surface area contributed by atoms with Crippen LogP contribution >= 0.6 is 0 Å². The van der Waals surface area contributed by atoms with Gasteiger partial charge < -0.3 is 20.3 Å². The van der Waals surface area contributed by atoms with Crippen LogP contribution in [0.25, 0.3) is 0 Å². The summed E-state index contributed by atoms with van der Waals surface area (Å²) in [7, 11) is 3.14. The number of aliphatic hydroxyl groups excluding tert-OH is 1. The third-order valence-electron chi connectivity index (χ3n) is 3.46. The van der Waals surface area contributed by atoms with Crippen molar-refractivity contribution in [3.63, 3.8) is 0 Å². The zero-order chi connectivity index (χ0) is 15.2. The van der Waals surface area contributed by atoms with Crippen LogP contribution in [0.3, 0.4) is 0 Å². The van der Waals surface area contributed by atoms with E-state index in [1.165, 1.54) is 0 Å². The minimum atomic E-state index is -0.800. The van der Waals surface area contributed by atoms with Crippen molar-refractivity contribution in [2.24, 2.45) is 5.73 Å². The summed E-state index contributed by atoms with van der Waals surface area (Å²) in [5.41, 5.74) is 7.25. The standard InChI is InChI=1S/C16H20N2O3/c1-20-11-6-7-12(15(9-11)21-2)16(19)13(10-17)14-5-3-4-8-18-14/h3-9,13,16,19H,10,17H2,1-2H3. The summed E-state index contributed by atoms with van der Waals surface area (Å²) in [6.45, 7) is 0.285. The normalized spacial score (nSPS) is 13.5. The fourth-order valence-electron chi connectivity index (χ4n) is 2.29. The van der Waals surface area contributed by atoms with Crippen LogP contribution < -0.4 is 15.2 Å². The van der Waals surface area contributed by atoms with Gasteiger partial charge >= 0.3 is 0 Å². The van der Waals surface area contributed by atoms with Gasteiger partial charge in [0.1, 0.15) is 11.5 Å². The van der Waals surface area contributed by atoms with Gasteiger partial charge in [-0.05, 0) is 24.3 Å². The monoisotopic (exact) mass is 288 g/mol. The fraction of sp³-hybridized carbons (Fsp3) is 0.312. The van der Waals surface area contributed by atoms with Crippen molar-refractivity contribution in [2.75, 3.05) is 20.8 Å². The maximum atomic E-state index is 10.7. The highest BCUT2D eigenvalue weighted by atomic mass is 16.5. The largest absolute Gasteiger partial charge is 0.497 e. The quantitative estimate of drug-likeness (QED) is 0.848. The van der Waals surface area contributed by atoms with E-state index >= 15 is 0 Å². The number of hydrogen-bond acceptors (Lipinski definition) is 5. The van der Waals surface area contributed by atoms with Gasteiger partial charge in [-0.2, -0.15) is 0 Å². The Morgan fingerprint density at radius 3 is 2.57 bits per heavy atom. The van der Waals surface area contributed by atoms with Crippen LogP contribution in [-0.2, 0) is 0 Å². The molecule has 2 rings (SSSR count). The molecule has 2 aromatic rings. The van der Waals surface area contributed by atoms with Gasteiger partial charge in [-0.3, -0.25) is 4.98 Å². The molecule has 2 atom stereocenters. The Morgan fingerprint density at radius 2 is 2.00 bits per heavy atom. The minimum Gasteiger partial charge on any atom is -0.497 e. The smallest absolute Gasteiger partial charge is 0.128 e. The molecule has 0 fully saturated rings. The maximum Gasteiger partial charge on any atom is 0.128 e. The Bertz CT molecular complexity index is 575. The summed E-state index contributed by atoms with van der Waals surface area (Å²) < 4.78 is 10.5. The molecule has 2 unspecified atom stereocenters. The average Bonchev–Trinajstić information content (AvgIpc) is 2.55. The minimum absolute atomic E-state index is 0.285. The molecular formula is C16H20N2O3. The Morgan fingerprint density at radius 1 is 1.19 bits per heavy atom. The van der Waals surface area contributed by atoms with Crippen molar-refractivity contribution in [3.05, 3.63) is 53.9 Å². The second kappa shape index (κ2) is 7.06. The number of aliphatic hydroxyl groups is 1. The highest BCUT2D eigenvalue weighted by molar-refractivity contribution is 5.43. The molecule has 0 saturated carbocycles. The number of rotatable bonds is 6. The van der Waals surface area contributed by atoms with Gasteiger partial charge in [-0.1, -0.05) is 6.07 Å². The van der Waals surface area contributed by atoms with Crippen molar-refractivity contribution < 1.29 is 14.6 Å². The van der Waals surface area contributed by atoms with E-state index in [4.69, 9.17) is 15.2 Å². The van der Waals surface area contributed by atoms with E-state index in [0.717, 1.165) is 5.69 Å². The molecule has 5 nitrogen and oxygen atoms in total. The lowest BCUT2D eigenvalue weighted by atomic mass is 9.92. The van der Waals surface area contributed by atoms with E-state index < -0.39 is 6.10 Å². The van der Waals surface area contributed by atoms with Crippen molar-refractivity contribution >= 4 is 0 Å². The molecule has 0 saturated heterocycles. The molecule has 0 aliphatic carbocycles.